The van der Waals surface area contributed by atoms with E-state index >= 15 is 0 Å². The lowest BCUT2D eigenvalue weighted by Gasteiger charge is -2.06. The van der Waals surface area contributed by atoms with Crippen LogP contribution < -0.4 is 5.43 Å². The lowest BCUT2D eigenvalue weighted by molar-refractivity contribution is 0.0952. The number of carbonyl (C=O) groups excluding carboxylic acids is 1. The summed E-state index contributed by atoms with van der Waals surface area (Å²) in [6, 6.07) is 10.9. The molecule has 2 rings (SSSR count). The first-order valence-electron chi connectivity index (χ1n) is 7.17. The van der Waals surface area contributed by atoms with Crippen molar-refractivity contribution in [2.45, 2.75) is 33.1 Å². The Balaban J connectivity index is 2.17. The number of hydrogen-bond acceptors (Lipinski definition) is 3. The summed E-state index contributed by atoms with van der Waals surface area (Å²) in [5.41, 5.74) is 3.62. The molecular weight excluding hydrogens is 264 g/mol. The number of fused-ring (bicyclic) bond motifs is 1. The summed E-state index contributed by atoms with van der Waals surface area (Å²) in [6.07, 6.45) is 3.00. The zero-order valence-electron chi connectivity index (χ0n) is 12.4. The van der Waals surface area contributed by atoms with E-state index in [1.165, 1.54) is 0 Å². The highest BCUT2D eigenvalue weighted by Crippen LogP contribution is 2.24. The highest BCUT2D eigenvalue weighted by Gasteiger charge is 2.11. The minimum atomic E-state index is -0.394. The van der Waals surface area contributed by atoms with Gasteiger partial charge in [0.15, 0.2) is 0 Å². The van der Waals surface area contributed by atoms with Gasteiger partial charge >= 0.3 is 0 Å². The molecule has 0 fully saturated rings. The maximum atomic E-state index is 12.1. The van der Waals surface area contributed by atoms with Crippen LogP contribution in [-0.2, 0) is 0 Å². The molecule has 0 bridgehead atoms. The zero-order chi connectivity index (χ0) is 15.2. The van der Waals surface area contributed by atoms with Gasteiger partial charge in [0, 0.05) is 5.71 Å². The van der Waals surface area contributed by atoms with Crippen LogP contribution in [0.2, 0.25) is 0 Å². The van der Waals surface area contributed by atoms with Gasteiger partial charge in [-0.1, -0.05) is 37.6 Å². The van der Waals surface area contributed by atoms with E-state index < -0.39 is 5.91 Å². The van der Waals surface area contributed by atoms with Gasteiger partial charge in [-0.15, -0.1) is 0 Å². The van der Waals surface area contributed by atoms with Crippen molar-refractivity contribution >= 4 is 22.4 Å². The number of phenols is 1. The number of benzene rings is 2. The lowest BCUT2D eigenvalue weighted by atomic mass is 10.1. The van der Waals surface area contributed by atoms with Crippen molar-refractivity contribution in [3.05, 3.63) is 42.0 Å². The largest absolute Gasteiger partial charge is 0.507 e. The molecule has 0 aromatic heterocycles. The summed E-state index contributed by atoms with van der Waals surface area (Å²) in [7, 11) is 0. The van der Waals surface area contributed by atoms with Crippen LogP contribution in [0.5, 0.6) is 5.75 Å². The van der Waals surface area contributed by atoms with E-state index in [0.717, 1.165) is 35.7 Å². The molecule has 0 spiro atoms. The first-order chi connectivity index (χ1) is 10.1. The molecule has 1 amide bonds. The summed E-state index contributed by atoms with van der Waals surface area (Å²) in [4.78, 5) is 12.1. The van der Waals surface area contributed by atoms with Crippen LogP contribution in [0.3, 0.4) is 0 Å². The molecule has 0 aliphatic carbocycles. The quantitative estimate of drug-likeness (QED) is 0.647. The molecule has 0 aliphatic rings. The predicted octanol–water partition coefficient (Wildman–Crippen LogP) is 3.84. The first kappa shape index (κ1) is 15.0. The van der Waals surface area contributed by atoms with Crippen LogP contribution in [0, 0.1) is 0 Å². The molecule has 0 saturated heterocycles. The van der Waals surface area contributed by atoms with Crippen LogP contribution in [-0.4, -0.2) is 16.7 Å². The number of phenolic OH excluding ortho intramolecular Hbond substituents is 1. The average Bonchev–Trinajstić information content (AvgIpc) is 2.49. The number of amides is 1. The van der Waals surface area contributed by atoms with Gasteiger partial charge in [0.05, 0.1) is 5.56 Å². The molecule has 2 aromatic carbocycles. The van der Waals surface area contributed by atoms with Crippen molar-refractivity contribution in [2.75, 3.05) is 0 Å². The predicted molar refractivity (Wildman–Crippen MR) is 85.7 cm³/mol. The maximum Gasteiger partial charge on any atom is 0.275 e. The van der Waals surface area contributed by atoms with Crippen molar-refractivity contribution in [2.24, 2.45) is 5.10 Å². The highest BCUT2D eigenvalue weighted by molar-refractivity contribution is 6.01. The number of unbranched alkanes of at least 4 members (excludes halogenated alkanes) is 1. The summed E-state index contributed by atoms with van der Waals surface area (Å²) >= 11 is 0. The fourth-order valence-corrected chi connectivity index (χ4v) is 2.11. The van der Waals surface area contributed by atoms with E-state index in [0.29, 0.717) is 0 Å². The van der Waals surface area contributed by atoms with Gasteiger partial charge in [-0.3, -0.25) is 4.79 Å². The molecule has 0 radical (unpaired) electrons. The van der Waals surface area contributed by atoms with Gasteiger partial charge in [0.1, 0.15) is 5.75 Å². The van der Waals surface area contributed by atoms with Gasteiger partial charge in [-0.05, 0) is 42.7 Å². The maximum absolute atomic E-state index is 12.1. The second kappa shape index (κ2) is 6.88. The Morgan fingerprint density at radius 3 is 2.57 bits per heavy atom. The Kier molecular flexibility index (Phi) is 4.93. The van der Waals surface area contributed by atoms with E-state index in [2.05, 4.69) is 17.5 Å². The van der Waals surface area contributed by atoms with Crippen molar-refractivity contribution in [3.63, 3.8) is 0 Å². The van der Waals surface area contributed by atoms with Crippen molar-refractivity contribution < 1.29 is 9.90 Å². The minimum Gasteiger partial charge on any atom is -0.507 e. The summed E-state index contributed by atoms with van der Waals surface area (Å²) < 4.78 is 0. The summed E-state index contributed by atoms with van der Waals surface area (Å²) in [5, 5.41) is 15.8. The summed E-state index contributed by atoms with van der Waals surface area (Å²) in [5.74, 6) is -0.429. The third kappa shape index (κ3) is 3.81. The number of carbonyl (C=O) groups is 1. The molecule has 0 saturated carbocycles. The van der Waals surface area contributed by atoms with E-state index in [-0.39, 0.29) is 11.3 Å². The van der Waals surface area contributed by atoms with E-state index in [4.69, 9.17) is 0 Å². The number of hydrazone groups is 1. The SMILES string of the molecule is CCCC/C(C)=N\NC(=O)c1cc2ccccc2cc1O. The monoisotopic (exact) mass is 284 g/mol. The lowest BCUT2D eigenvalue weighted by Crippen LogP contribution is -2.19. The number of hydrogen-bond donors (Lipinski definition) is 2. The smallest absolute Gasteiger partial charge is 0.275 e. The molecule has 4 nitrogen and oxygen atoms in total. The molecule has 21 heavy (non-hydrogen) atoms. The molecule has 2 aromatic rings. The van der Waals surface area contributed by atoms with Crippen molar-refractivity contribution in [1.29, 1.82) is 0 Å². The normalized spacial score (nSPS) is 11.6. The van der Waals surface area contributed by atoms with Gasteiger partial charge in [0.25, 0.3) is 5.91 Å². The molecule has 0 aliphatic heterocycles. The van der Waals surface area contributed by atoms with Crippen LogP contribution in [0.1, 0.15) is 43.5 Å². The number of nitrogens with one attached hydrogen (secondary N) is 1. The second-order valence-corrected chi connectivity index (χ2v) is 5.11. The standard InChI is InChI=1S/C17H20N2O2/c1-3-4-7-12(2)18-19-17(21)15-10-13-8-5-6-9-14(13)11-16(15)20/h5-6,8-11,20H,3-4,7H2,1-2H3,(H,19,21)/b18-12-. The third-order valence-electron chi connectivity index (χ3n) is 3.35. The number of nitrogens with zero attached hydrogens (tertiary/aromatic N) is 1. The topological polar surface area (TPSA) is 61.7 Å². The van der Waals surface area contributed by atoms with E-state index in [9.17, 15) is 9.90 Å². The Labute approximate surface area is 124 Å². The van der Waals surface area contributed by atoms with Crippen molar-refractivity contribution in [3.8, 4) is 5.75 Å². The molecular formula is C17H20N2O2. The minimum absolute atomic E-state index is 0.0346. The number of rotatable bonds is 5. The summed E-state index contributed by atoms with van der Waals surface area (Å²) in [6.45, 7) is 4.00. The molecule has 0 heterocycles. The van der Waals surface area contributed by atoms with Crippen molar-refractivity contribution in [1.82, 2.24) is 5.43 Å². The first-order valence-corrected chi connectivity index (χ1v) is 7.17. The van der Waals surface area contributed by atoms with Gasteiger partial charge < -0.3 is 5.11 Å². The van der Waals surface area contributed by atoms with Gasteiger partial charge in [0.2, 0.25) is 0 Å². The van der Waals surface area contributed by atoms with Crippen LogP contribution in [0.15, 0.2) is 41.5 Å². The molecule has 110 valence electrons. The van der Waals surface area contributed by atoms with E-state index in [1.807, 2.05) is 31.2 Å². The fraction of sp³-hybridized carbons (Fsp3) is 0.294. The van der Waals surface area contributed by atoms with E-state index in [1.54, 1.807) is 12.1 Å². The van der Waals surface area contributed by atoms with Gasteiger partial charge in [-0.2, -0.15) is 5.10 Å². The zero-order valence-corrected chi connectivity index (χ0v) is 12.4. The van der Waals surface area contributed by atoms with Gasteiger partial charge in [-0.25, -0.2) is 5.43 Å². The van der Waals surface area contributed by atoms with Crippen LogP contribution in [0.4, 0.5) is 0 Å². The molecule has 2 N–H and O–H groups in total. The third-order valence-corrected chi connectivity index (χ3v) is 3.35. The molecule has 4 heteroatoms. The Hall–Kier alpha value is -2.36. The average molecular weight is 284 g/mol. The fourth-order valence-electron chi connectivity index (χ4n) is 2.11. The Bertz CT molecular complexity index is 678. The Morgan fingerprint density at radius 1 is 1.24 bits per heavy atom. The molecule has 0 unspecified atom stereocenters. The Morgan fingerprint density at radius 2 is 1.90 bits per heavy atom. The van der Waals surface area contributed by atoms with Crippen LogP contribution in [0.25, 0.3) is 10.8 Å². The van der Waals surface area contributed by atoms with Crippen LogP contribution >= 0.6 is 0 Å². The molecule has 0 atom stereocenters. The second-order valence-electron chi connectivity index (χ2n) is 5.11. The number of aromatic hydroxyl groups is 1. The highest BCUT2D eigenvalue weighted by atomic mass is 16.3.